The van der Waals surface area contributed by atoms with E-state index in [-0.39, 0.29) is 6.04 Å². The summed E-state index contributed by atoms with van der Waals surface area (Å²) in [6, 6.07) is 0.0838. The standard InChI is InChI=1S/C8H16N2O3/c1-6(2)9-10-8(3,4)13-7(11)12-5/h6H,1-5H3. The van der Waals surface area contributed by atoms with Crippen LogP contribution in [0.25, 0.3) is 0 Å². The third kappa shape index (κ3) is 6.07. The zero-order valence-electron chi connectivity index (χ0n) is 8.70. The summed E-state index contributed by atoms with van der Waals surface area (Å²) < 4.78 is 9.15. The molecule has 5 heteroatoms. The van der Waals surface area contributed by atoms with Crippen molar-refractivity contribution in [2.75, 3.05) is 7.11 Å². The number of azo groups is 1. The lowest BCUT2D eigenvalue weighted by Crippen LogP contribution is -2.25. The average molecular weight is 188 g/mol. The van der Waals surface area contributed by atoms with Crippen molar-refractivity contribution in [3.05, 3.63) is 0 Å². The van der Waals surface area contributed by atoms with Crippen molar-refractivity contribution >= 4 is 6.16 Å². The van der Waals surface area contributed by atoms with Crippen molar-refractivity contribution in [3.8, 4) is 0 Å². The molecule has 0 radical (unpaired) electrons. The fraction of sp³-hybridized carbons (Fsp3) is 0.875. The molecule has 0 bridgehead atoms. The van der Waals surface area contributed by atoms with Gasteiger partial charge in [-0.25, -0.2) is 4.79 Å². The number of carbonyl (C=O) groups excluding carboxylic acids is 1. The molecule has 0 heterocycles. The summed E-state index contributed by atoms with van der Waals surface area (Å²) in [4.78, 5) is 10.7. The highest BCUT2D eigenvalue weighted by molar-refractivity contribution is 5.60. The van der Waals surface area contributed by atoms with Crippen molar-refractivity contribution in [2.24, 2.45) is 10.2 Å². The molecule has 0 rings (SSSR count). The fourth-order valence-corrected chi connectivity index (χ4v) is 0.521. The molecule has 0 atom stereocenters. The van der Waals surface area contributed by atoms with E-state index in [9.17, 15) is 4.79 Å². The quantitative estimate of drug-likeness (QED) is 0.504. The predicted octanol–water partition coefficient (Wildman–Crippen LogP) is 2.37. The minimum Gasteiger partial charge on any atom is -0.438 e. The van der Waals surface area contributed by atoms with E-state index in [4.69, 9.17) is 4.74 Å². The maximum atomic E-state index is 10.7. The Morgan fingerprint density at radius 3 is 2.31 bits per heavy atom. The third-order valence-electron chi connectivity index (χ3n) is 1.03. The van der Waals surface area contributed by atoms with Gasteiger partial charge in [-0.1, -0.05) is 0 Å². The highest BCUT2D eigenvalue weighted by atomic mass is 16.7. The number of ether oxygens (including phenoxy) is 2. The van der Waals surface area contributed by atoms with Crippen LogP contribution in [0.4, 0.5) is 4.79 Å². The number of hydrogen-bond donors (Lipinski definition) is 0. The van der Waals surface area contributed by atoms with Gasteiger partial charge >= 0.3 is 6.16 Å². The highest BCUT2D eigenvalue weighted by Crippen LogP contribution is 2.13. The number of hydrogen-bond acceptors (Lipinski definition) is 5. The van der Waals surface area contributed by atoms with Crippen LogP contribution in [0.5, 0.6) is 0 Å². The normalized spacial score (nSPS) is 12.2. The molecule has 0 fully saturated rings. The molecule has 0 aromatic rings. The van der Waals surface area contributed by atoms with Gasteiger partial charge in [0.05, 0.1) is 13.2 Å². The van der Waals surface area contributed by atoms with Crippen LogP contribution in [0, 0.1) is 0 Å². The number of rotatable bonds is 3. The first-order valence-corrected chi connectivity index (χ1v) is 4.06. The van der Waals surface area contributed by atoms with Gasteiger partial charge in [0.1, 0.15) is 0 Å². The molecule has 13 heavy (non-hydrogen) atoms. The summed E-state index contributed by atoms with van der Waals surface area (Å²) in [5.41, 5.74) is -0.961. The molecule has 0 aliphatic heterocycles. The summed E-state index contributed by atoms with van der Waals surface area (Å²) in [6.45, 7) is 7.04. The van der Waals surface area contributed by atoms with Crippen LogP contribution in [0.2, 0.25) is 0 Å². The van der Waals surface area contributed by atoms with Crippen LogP contribution in [0.1, 0.15) is 27.7 Å². The zero-order valence-corrected chi connectivity index (χ0v) is 8.70. The third-order valence-corrected chi connectivity index (χ3v) is 1.03. The van der Waals surface area contributed by atoms with Gasteiger partial charge in [-0.15, -0.1) is 5.11 Å². The van der Waals surface area contributed by atoms with Crippen molar-refractivity contribution in [2.45, 2.75) is 39.5 Å². The van der Waals surface area contributed by atoms with E-state index in [1.54, 1.807) is 13.8 Å². The minimum atomic E-state index is -0.961. The second-order valence-corrected chi connectivity index (χ2v) is 3.31. The molecule has 0 spiro atoms. The van der Waals surface area contributed by atoms with E-state index in [2.05, 4.69) is 15.0 Å². The first-order chi connectivity index (χ1) is 5.87. The first kappa shape index (κ1) is 11.9. The number of methoxy groups -OCH3 is 1. The summed E-state index contributed by atoms with van der Waals surface area (Å²) in [5, 5.41) is 7.72. The molecule has 0 saturated heterocycles. The molecule has 0 saturated carbocycles. The average Bonchev–Trinajstić information content (AvgIpc) is 2.00. The van der Waals surface area contributed by atoms with Crippen molar-refractivity contribution in [3.63, 3.8) is 0 Å². The molecule has 0 unspecified atom stereocenters. The molecule has 0 N–H and O–H groups in total. The van der Waals surface area contributed by atoms with Gasteiger partial charge in [-0.05, 0) is 27.7 Å². The topological polar surface area (TPSA) is 60.2 Å². The Morgan fingerprint density at radius 2 is 1.92 bits per heavy atom. The van der Waals surface area contributed by atoms with Crippen LogP contribution in [0.15, 0.2) is 10.2 Å². The van der Waals surface area contributed by atoms with E-state index in [1.165, 1.54) is 7.11 Å². The van der Waals surface area contributed by atoms with E-state index in [0.29, 0.717) is 0 Å². The second kappa shape index (κ2) is 4.79. The predicted molar refractivity (Wildman–Crippen MR) is 47.6 cm³/mol. The van der Waals surface area contributed by atoms with E-state index >= 15 is 0 Å². The Labute approximate surface area is 78.1 Å². The molecule has 0 amide bonds. The van der Waals surface area contributed by atoms with Gasteiger partial charge in [-0.3, -0.25) is 0 Å². The van der Waals surface area contributed by atoms with Crippen LogP contribution in [-0.2, 0) is 9.47 Å². The molecule has 5 nitrogen and oxygen atoms in total. The number of nitrogens with zero attached hydrogens (tertiary/aromatic N) is 2. The summed E-state index contributed by atoms with van der Waals surface area (Å²) in [6.07, 6.45) is -0.757. The fourth-order valence-electron chi connectivity index (χ4n) is 0.521. The lowest BCUT2D eigenvalue weighted by Gasteiger charge is -2.17. The van der Waals surface area contributed by atoms with Gasteiger partial charge in [0.2, 0.25) is 5.72 Å². The summed E-state index contributed by atoms with van der Waals surface area (Å²) in [7, 11) is 1.25. The Balaban J connectivity index is 4.15. The Kier molecular flexibility index (Phi) is 4.37. The summed E-state index contributed by atoms with van der Waals surface area (Å²) in [5.74, 6) is 0. The molecule has 76 valence electrons. The maximum absolute atomic E-state index is 10.7. The molecule has 0 aliphatic carbocycles. The SMILES string of the molecule is COC(=O)OC(C)(C)N=NC(C)C. The van der Waals surface area contributed by atoms with Crippen LogP contribution >= 0.6 is 0 Å². The highest BCUT2D eigenvalue weighted by Gasteiger charge is 2.22. The maximum Gasteiger partial charge on any atom is 0.510 e. The van der Waals surface area contributed by atoms with Crippen LogP contribution < -0.4 is 0 Å². The van der Waals surface area contributed by atoms with Gasteiger partial charge in [-0.2, -0.15) is 5.11 Å². The lowest BCUT2D eigenvalue weighted by atomic mass is 10.3. The van der Waals surface area contributed by atoms with E-state index in [1.807, 2.05) is 13.8 Å². The van der Waals surface area contributed by atoms with Crippen molar-refractivity contribution < 1.29 is 14.3 Å². The van der Waals surface area contributed by atoms with Gasteiger partial charge in [0.15, 0.2) is 0 Å². The lowest BCUT2D eigenvalue weighted by molar-refractivity contribution is -0.00630. The zero-order chi connectivity index (χ0) is 10.5. The van der Waals surface area contributed by atoms with Crippen molar-refractivity contribution in [1.82, 2.24) is 0 Å². The number of carbonyl (C=O) groups is 1. The van der Waals surface area contributed by atoms with Gasteiger partial charge in [0, 0.05) is 0 Å². The summed E-state index contributed by atoms with van der Waals surface area (Å²) >= 11 is 0. The monoisotopic (exact) mass is 188 g/mol. The van der Waals surface area contributed by atoms with Gasteiger partial charge in [0.25, 0.3) is 0 Å². The largest absolute Gasteiger partial charge is 0.510 e. The van der Waals surface area contributed by atoms with Crippen molar-refractivity contribution in [1.29, 1.82) is 0 Å². The second-order valence-electron chi connectivity index (χ2n) is 3.31. The Bertz CT molecular complexity index is 200. The van der Waals surface area contributed by atoms with E-state index < -0.39 is 11.9 Å². The molecule has 0 aromatic carbocycles. The minimum absolute atomic E-state index is 0.0838. The Morgan fingerprint density at radius 1 is 1.38 bits per heavy atom. The molecular weight excluding hydrogens is 172 g/mol. The molecule has 0 aromatic heterocycles. The smallest absolute Gasteiger partial charge is 0.438 e. The Hall–Kier alpha value is -1.13. The molecular formula is C8H16N2O3. The van der Waals surface area contributed by atoms with Crippen LogP contribution in [0.3, 0.4) is 0 Å². The molecule has 0 aliphatic rings. The first-order valence-electron chi connectivity index (χ1n) is 4.06. The van der Waals surface area contributed by atoms with Gasteiger partial charge < -0.3 is 9.47 Å². The van der Waals surface area contributed by atoms with Crippen LogP contribution in [-0.4, -0.2) is 25.0 Å². The van der Waals surface area contributed by atoms with E-state index in [0.717, 1.165) is 0 Å².